The minimum Gasteiger partial charge on any atom is -0.475 e. The van der Waals surface area contributed by atoms with Crippen molar-refractivity contribution in [2.24, 2.45) is 28.3 Å². The van der Waals surface area contributed by atoms with Crippen LogP contribution in [0.3, 0.4) is 0 Å². The highest BCUT2D eigenvalue weighted by Gasteiger charge is 2.58. The number of nitrogens with one attached hydrogen (secondary N) is 1. The maximum absolute atomic E-state index is 13.1. The molecule has 280 valence electrons. The number of fused-ring (bicyclic) bond motifs is 5. The molecular formula is C37H50F3N4O6S+. The van der Waals surface area contributed by atoms with E-state index < -0.39 is 12.1 Å². The van der Waals surface area contributed by atoms with Crippen LogP contribution in [0, 0.1) is 30.1 Å². The first-order chi connectivity index (χ1) is 23.9. The van der Waals surface area contributed by atoms with Crippen LogP contribution in [-0.4, -0.2) is 59.5 Å². The maximum atomic E-state index is 13.1. The molecular weight excluding hydrogens is 685 g/mol. The predicted octanol–water partition coefficient (Wildman–Crippen LogP) is 6.52. The number of quaternary nitrogens is 1. The summed E-state index contributed by atoms with van der Waals surface area (Å²) in [6, 6.07) is 4.49. The van der Waals surface area contributed by atoms with Crippen molar-refractivity contribution in [1.29, 1.82) is 0 Å². The molecule has 3 aliphatic carbocycles. The highest BCUT2D eigenvalue weighted by atomic mass is 32.1. The number of amides is 1. The van der Waals surface area contributed by atoms with Gasteiger partial charge in [0.05, 0.1) is 12.3 Å². The molecule has 1 aromatic heterocycles. The molecule has 2 heterocycles. The lowest BCUT2D eigenvalue weighted by molar-refractivity contribution is -0.658. The average Bonchev–Trinajstić information content (AvgIpc) is 3.79. The Kier molecular flexibility index (Phi) is 11.6. The van der Waals surface area contributed by atoms with E-state index in [1.165, 1.54) is 22.5 Å². The molecule has 51 heavy (non-hydrogen) atoms. The number of carboxylic acid groups (broad SMARTS) is 1. The summed E-state index contributed by atoms with van der Waals surface area (Å²) in [6.07, 6.45) is 5.08. The van der Waals surface area contributed by atoms with E-state index in [2.05, 4.69) is 60.6 Å². The van der Waals surface area contributed by atoms with Gasteiger partial charge in [-0.05, 0) is 91.7 Å². The Morgan fingerprint density at radius 1 is 1.18 bits per heavy atom. The van der Waals surface area contributed by atoms with E-state index in [4.69, 9.17) is 19.5 Å². The fourth-order valence-corrected chi connectivity index (χ4v) is 9.63. The number of carboxylic acids is 1. The van der Waals surface area contributed by atoms with Crippen molar-refractivity contribution in [2.45, 2.75) is 116 Å². The van der Waals surface area contributed by atoms with Gasteiger partial charge in [0, 0.05) is 41.3 Å². The number of alkyl halides is 3. The number of carbonyl (C=O) groups is 3. The second-order valence-corrected chi connectivity index (χ2v) is 16.9. The minimum atomic E-state index is -5.08. The summed E-state index contributed by atoms with van der Waals surface area (Å²) < 4.78 is 37.9. The zero-order valence-corrected chi connectivity index (χ0v) is 31.0. The zero-order chi connectivity index (χ0) is 37.3. The van der Waals surface area contributed by atoms with Crippen molar-refractivity contribution >= 4 is 40.0 Å². The second kappa shape index (κ2) is 15.2. The first-order valence-electron chi connectivity index (χ1n) is 17.8. The fraction of sp³-hybridized carbons (Fsp3) is 0.649. The number of hydrogen-bond acceptors (Lipinski definition) is 8. The Hall–Kier alpha value is -3.52. The number of benzene rings is 1. The van der Waals surface area contributed by atoms with Gasteiger partial charge in [0.15, 0.2) is 11.2 Å². The number of halogens is 3. The number of rotatable bonds is 7. The molecule has 0 spiro atoms. The van der Waals surface area contributed by atoms with Gasteiger partial charge in [-0.15, -0.1) is 11.3 Å². The largest absolute Gasteiger partial charge is 0.490 e. The Bertz CT molecular complexity index is 1650. The number of nitrogens with zero attached hydrogens (tertiary/aromatic N) is 2. The summed E-state index contributed by atoms with van der Waals surface area (Å²) >= 11 is 1.51. The van der Waals surface area contributed by atoms with Crippen LogP contribution in [0.15, 0.2) is 23.5 Å². The van der Waals surface area contributed by atoms with E-state index in [9.17, 15) is 22.8 Å². The van der Waals surface area contributed by atoms with Crippen molar-refractivity contribution in [3.05, 3.63) is 39.9 Å². The van der Waals surface area contributed by atoms with Crippen LogP contribution in [-0.2, 0) is 31.1 Å². The Morgan fingerprint density at radius 2 is 1.90 bits per heavy atom. The predicted molar refractivity (Wildman–Crippen MR) is 187 cm³/mol. The number of hydrogen-bond donors (Lipinski definition) is 3. The van der Waals surface area contributed by atoms with Crippen molar-refractivity contribution in [3.63, 3.8) is 0 Å². The number of anilines is 1. The van der Waals surface area contributed by atoms with Gasteiger partial charge < -0.3 is 25.3 Å². The number of aryl methyl sites for hydroxylation is 2. The van der Waals surface area contributed by atoms with Crippen molar-refractivity contribution in [3.8, 4) is 5.75 Å². The summed E-state index contributed by atoms with van der Waals surface area (Å²) in [6.45, 7) is 12.0. The van der Waals surface area contributed by atoms with Crippen LogP contribution >= 0.6 is 11.3 Å². The summed E-state index contributed by atoms with van der Waals surface area (Å²) in [7, 11) is 1.65. The normalized spacial score (nSPS) is 27.8. The third-order valence-corrected chi connectivity index (χ3v) is 12.1. The van der Waals surface area contributed by atoms with Crippen LogP contribution in [0.4, 0.5) is 18.3 Å². The van der Waals surface area contributed by atoms with Gasteiger partial charge >= 0.3 is 18.1 Å². The van der Waals surface area contributed by atoms with Gasteiger partial charge in [-0.25, -0.2) is 14.6 Å². The number of carbonyl (C=O) groups excluding carboxylic acids is 2. The molecule has 14 heteroatoms. The quantitative estimate of drug-likeness (QED) is 0.167. The van der Waals surface area contributed by atoms with Crippen LogP contribution in [0.1, 0.15) is 107 Å². The molecule has 2 aromatic rings. The first-order valence-corrected chi connectivity index (χ1v) is 18.6. The van der Waals surface area contributed by atoms with Crippen molar-refractivity contribution < 1.29 is 47.6 Å². The van der Waals surface area contributed by atoms with Crippen LogP contribution in [0.5, 0.6) is 5.75 Å². The third-order valence-electron chi connectivity index (χ3n) is 11.2. The standard InChI is InChI=1S/C35H48N4O4S.C2HF3O2/c1-20-19-37-33(44-20)38-30(40)12-10-22-17-29(39-42-6)35(5)14-13-23-24(31(22)35)11-9-21-16-28(26(18-25(21)23)34(2,3)4)43-32(41)27-8-7-15-36-27;3-2(4,5)1(6)7/h16,18-19,22-24,27,31,36H,7-15,17H2,1-6H3,(H,37,38,40);(H,6,7)/p+1/b39-29+;/t22-,23?,24?,27?,31?,35-;/m1./s1. The monoisotopic (exact) mass is 735 g/mol. The molecule has 1 aliphatic heterocycles. The topological polar surface area (TPSA) is 144 Å². The van der Waals surface area contributed by atoms with Crippen LogP contribution < -0.4 is 15.4 Å². The fourth-order valence-electron chi connectivity index (χ4n) is 8.95. The maximum Gasteiger partial charge on any atom is 0.490 e. The van der Waals surface area contributed by atoms with E-state index >= 15 is 0 Å². The minimum absolute atomic E-state index is 0.0254. The third kappa shape index (κ3) is 8.59. The number of aromatic nitrogens is 1. The van der Waals surface area contributed by atoms with Gasteiger partial charge in [-0.2, -0.15) is 13.2 Å². The van der Waals surface area contributed by atoms with E-state index in [1.54, 1.807) is 13.3 Å². The SMILES string of the molecule is CO/N=C1\C[C@@H](CCC(=O)Nc2ncc(C)s2)C2C3CCc4cc(OC(=O)C5CCC[NH2+]5)c(C(C)(C)C)cc4C3CC[C@]12C.O=C(O)C(F)(F)F. The molecule has 2 saturated carbocycles. The molecule has 0 bridgehead atoms. The first kappa shape index (κ1) is 38.7. The van der Waals surface area contributed by atoms with Crippen molar-refractivity contribution in [2.75, 3.05) is 19.0 Å². The molecule has 1 amide bonds. The lowest BCUT2D eigenvalue weighted by atomic mass is 9.53. The zero-order valence-electron chi connectivity index (χ0n) is 30.2. The molecule has 10 nitrogen and oxygen atoms in total. The molecule has 1 saturated heterocycles. The molecule has 1 aromatic carbocycles. The van der Waals surface area contributed by atoms with Gasteiger partial charge in [0.25, 0.3) is 0 Å². The Morgan fingerprint density at radius 3 is 2.49 bits per heavy atom. The van der Waals surface area contributed by atoms with Crippen LogP contribution in [0.2, 0.25) is 0 Å². The summed E-state index contributed by atoms with van der Waals surface area (Å²) in [5, 5.41) is 17.5. The second-order valence-electron chi connectivity index (χ2n) is 15.6. The average molecular weight is 736 g/mol. The Labute approximate surface area is 301 Å². The number of thiazole rings is 1. The summed E-state index contributed by atoms with van der Waals surface area (Å²) in [4.78, 5) is 45.7. The number of nitrogens with two attached hydrogens (primary N) is 1. The number of aliphatic carboxylic acids is 1. The molecule has 4 aliphatic rings. The molecule has 3 fully saturated rings. The number of ether oxygens (including phenoxy) is 1. The highest BCUT2D eigenvalue weighted by Crippen LogP contribution is 2.63. The summed E-state index contributed by atoms with van der Waals surface area (Å²) in [5.74, 6) is -0.321. The lowest BCUT2D eigenvalue weighted by Gasteiger charge is -2.50. The van der Waals surface area contributed by atoms with Crippen molar-refractivity contribution in [1.82, 2.24) is 4.98 Å². The van der Waals surface area contributed by atoms with E-state index in [0.717, 1.165) is 79.8 Å². The molecule has 4 N–H and O–H groups in total. The van der Waals surface area contributed by atoms with E-state index in [-0.39, 0.29) is 28.7 Å². The summed E-state index contributed by atoms with van der Waals surface area (Å²) in [5.41, 5.74) is 4.87. The molecule has 4 unspecified atom stereocenters. The molecule has 6 atom stereocenters. The van der Waals surface area contributed by atoms with E-state index in [0.29, 0.717) is 35.2 Å². The number of esters is 1. The highest BCUT2D eigenvalue weighted by molar-refractivity contribution is 7.15. The smallest absolute Gasteiger partial charge is 0.475 e. The molecule has 0 radical (unpaired) electrons. The molecule has 6 rings (SSSR count). The lowest BCUT2D eigenvalue weighted by Crippen LogP contribution is -2.88. The van der Waals surface area contributed by atoms with Gasteiger partial charge in [-0.3, -0.25) is 4.79 Å². The van der Waals surface area contributed by atoms with Gasteiger partial charge in [0.1, 0.15) is 12.9 Å². The number of oxime groups is 1. The van der Waals surface area contributed by atoms with Crippen LogP contribution in [0.25, 0.3) is 0 Å². The van der Waals surface area contributed by atoms with E-state index in [1.807, 2.05) is 6.92 Å². The van der Waals surface area contributed by atoms with Gasteiger partial charge in [-0.1, -0.05) is 38.9 Å². The van der Waals surface area contributed by atoms with Gasteiger partial charge in [0.2, 0.25) is 5.91 Å². The Balaban J connectivity index is 0.000000654.